The highest BCUT2D eigenvalue weighted by molar-refractivity contribution is 5.89. The van der Waals surface area contributed by atoms with Gasteiger partial charge in [-0.25, -0.2) is 4.79 Å². The van der Waals surface area contributed by atoms with Gasteiger partial charge in [0.25, 0.3) is 0 Å². The van der Waals surface area contributed by atoms with Crippen molar-refractivity contribution in [3.8, 4) is 0 Å². The molecular formula is C16H21NO2. The lowest BCUT2D eigenvalue weighted by Gasteiger charge is -2.37. The van der Waals surface area contributed by atoms with Crippen molar-refractivity contribution in [3.05, 3.63) is 35.9 Å². The van der Waals surface area contributed by atoms with E-state index in [4.69, 9.17) is 4.74 Å². The highest BCUT2D eigenvalue weighted by Gasteiger charge is 2.41. The normalized spacial score (nSPS) is 30.3. The van der Waals surface area contributed by atoms with Crippen molar-refractivity contribution in [2.24, 2.45) is 0 Å². The summed E-state index contributed by atoms with van der Waals surface area (Å²) in [6, 6.07) is 10.5. The van der Waals surface area contributed by atoms with Gasteiger partial charge in [-0.05, 0) is 31.5 Å². The Labute approximate surface area is 114 Å². The fourth-order valence-electron chi connectivity index (χ4n) is 3.63. The number of esters is 1. The molecule has 3 nitrogen and oxygen atoms in total. The summed E-state index contributed by atoms with van der Waals surface area (Å²) < 4.78 is 5.69. The molecule has 2 saturated heterocycles. The van der Waals surface area contributed by atoms with Crippen LogP contribution in [0.2, 0.25) is 0 Å². The topological polar surface area (TPSA) is 29.5 Å². The van der Waals surface area contributed by atoms with E-state index in [1.54, 1.807) is 0 Å². The molecule has 2 aliphatic rings. The Morgan fingerprint density at radius 3 is 2.42 bits per heavy atom. The molecule has 0 aliphatic carbocycles. The molecule has 0 amide bonds. The third-order valence-corrected chi connectivity index (χ3v) is 4.49. The lowest BCUT2D eigenvalue weighted by molar-refractivity contribution is -0.00478. The van der Waals surface area contributed by atoms with E-state index in [2.05, 4.69) is 11.8 Å². The summed E-state index contributed by atoms with van der Waals surface area (Å²) in [5, 5.41) is 0. The first-order chi connectivity index (χ1) is 9.28. The molecule has 2 fully saturated rings. The third-order valence-electron chi connectivity index (χ3n) is 4.49. The fourth-order valence-corrected chi connectivity index (χ4v) is 3.63. The quantitative estimate of drug-likeness (QED) is 0.782. The van der Waals surface area contributed by atoms with Crippen LogP contribution < -0.4 is 0 Å². The van der Waals surface area contributed by atoms with Crippen LogP contribution in [0.15, 0.2) is 30.3 Å². The van der Waals surface area contributed by atoms with E-state index in [9.17, 15) is 4.79 Å². The van der Waals surface area contributed by atoms with Crippen LogP contribution in [0.3, 0.4) is 0 Å². The maximum Gasteiger partial charge on any atom is 0.338 e. The molecule has 3 heteroatoms. The predicted octanol–water partition coefficient (Wildman–Crippen LogP) is 2.86. The van der Waals surface area contributed by atoms with E-state index in [0.29, 0.717) is 17.6 Å². The Bertz CT molecular complexity index is 431. The predicted molar refractivity (Wildman–Crippen MR) is 74.1 cm³/mol. The molecule has 2 bridgehead atoms. The van der Waals surface area contributed by atoms with Crippen molar-refractivity contribution < 1.29 is 9.53 Å². The Morgan fingerprint density at radius 1 is 1.21 bits per heavy atom. The smallest absolute Gasteiger partial charge is 0.338 e. The first kappa shape index (κ1) is 12.7. The Kier molecular flexibility index (Phi) is 3.56. The van der Waals surface area contributed by atoms with Crippen molar-refractivity contribution in [3.63, 3.8) is 0 Å². The second kappa shape index (κ2) is 5.33. The van der Waals surface area contributed by atoms with Crippen molar-refractivity contribution >= 4 is 5.97 Å². The lowest BCUT2D eigenvalue weighted by Crippen LogP contribution is -2.45. The molecule has 3 rings (SSSR count). The third kappa shape index (κ3) is 2.52. The molecule has 0 saturated carbocycles. The van der Waals surface area contributed by atoms with Crippen molar-refractivity contribution in [1.82, 2.24) is 4.90 Å². The minimum atomic E-state index is -0.171. The number of rotatable bonds is 3. The van der Waals surface area contributed by atoms with Crippen LogP contribution in [0.25, 0.3) is 0 Å². The van der Waals surface area contributed by atoms with Crippen LogP contribution in [-0.2, 0) is 4.74 Å². The summed E-state index contributed by atoms with van der Waals surface area (Å²) in [6.07, 6.45) is 4.63. The summed E-state index contributed by atoms with van der Waals surface area (Å²) in [5.41, 5.74) is 0.660. The minimum absolute atomic E-state index is 0.105. The van der Waals surface area contributed by atoms with Crippen LogP contribution in [0.1, 0.15) is 43.0 Å². The van der Waals surface area contributed by atoms with E-state index in [1.807, 2.05) is 30.3 Å². The van der Waals surface area contributed by atoms with Crippen LogP contribution >= 0.6 is 0 Å². The number of nitrogens with zero attached hydrogens (tertiary/aromatic N) is 1. The molecule has 2 heterocycles. The molecule has 0 unspecified atom stereocenters. The van der Waals surface area contributed by atoms with E-state index in [1.165, 1.54) is 12.8 Å². The maximum atomic E-state index is 12.1. The standard InChI is InChI=1S/C16H21NO2/c1-2-17-13-8-9-14(17)11-15(10-13)19-16(18)12-6-4-3-5-7-12/h3-7,13-15H,2,8-11H2,1H3/t13-,14-/m0/s1. The number of benzene rings is 1. The van der Waals surface area contributed by atoms with Gasteiger partial charge in [0.15, 0.2) is 0 Å². The molecule has 19 heavy (non-hydrogen) atoms. The summed E-state index contributed by atoms with van der Waals surface area (Å²) in [5.74, 6) is -0.171. The number of hydrogen-bond donors (Lipinski definition) is 0. The second-order valence-corrected chi connectivity index (χ2v) is 5.58. The zero-order valence-corrected chi connectivity index (χ0v) is 11.4. The van der Waals surface area contributed by atoms with E-state index < -0.39 is 0 Å². The minimum Gasteiger partial charge on any atom is -0.459 e. The molecule has 2 atom stereocenters. The van der Waals surface area contributed by atoms with Gasteiger partial charge in [0.05, 0.1) is 5.56 Å². The first-order valence-electron chi connectivity index (χ1n) is 7.29. The zero-order chi connectivity index (χ0) is 13.2. The molecule has 0 aromatic heterocycles. The number of ether oxygens (including phenoxy) is 1. The molecule has 0 radical (unpaired) electrons. The van der Waals surface area contributed by atoms with E-state index in [-0.39, 0.29) is 12.1 Å². The maximum absolute atomic E-state index is 12.1. The van der Waals surface area contributed by atoms with Crippen LogP contribution in [0, 0.1) is 0 Å². The molecule has 102 valence electrons. The molecular weight excluding hydrogens is 238 g/mol. The fraction of sp³-hybridized carbons (Fsp3) is 0.562. The number of piperidine rings is 1. The number of hydrogen-bond acceptors (Lipinski definition) is 3. The van der Waals surface area contributed by atoms with Gasteiger partial charge in [0, 0.05) is 24.9 Å². The van der Waals surface area contributed by atoms with Gasteiger partial charge in [-0.15, -0.1) is 0 Å². The van der Waals surface area contributed by atoms with E-state index >= 15 is 0 Å². The summed E-state index contributed by atoms with van der Waals surface area (Å²) >= 11 is 0. The summed E-state index contributed by atoms with van der Waals surface area (Å²) in [6.45, 7) is 3.34. The second-order valence-electron chi connectivity index (χ2n) is 5.58. The Balaban J connectivity index is 1.62. The molecule has 2 aliphatic heterocycles. The van der Waals surface area contributed by atoms with Crippen LogP contribution in [-0.4, -0.2) is 35.6 Å². The molecule has 1 aromatic carbocycles. The number of carbonyl (C=O) groups excluding carboxylic acids is 1. The highest BCUT2D eigenvalue weighted by atomic mass is 16.5. The summed E-state index contributed by atoms with van der Waals surface area (Å²) in [7, 11) is 0. The number of carbonyl (C=O) groups is 1. The van der Waals surface area contributed by atoms with Gasteiger partial charge >= 0.3 is 5.97 Å². The largest absolute Gasteiger partial charge is 0.459 e. The Hall–Kier alpha value is -1.35. The molecule has 0 N–H and O–H groups in total. The Morgan fingerprint density at radius 2 is 1.84 bits per heavy atom. The van der Waals surface area contributed by atoms with Gasteiger partial charge in [0.1, 0.15) is 6.10 Å². The van der Waals surface area contributed by atoms with Gasteiger partial charge < -0.3 is 4.74 Å². The first-order valence-corrected chi connectivity index (χ1v) is 7.29. The van der Waals surface area contributed by atoms with Gasteiger partial charge in [-0.2, -0.15) is 0 Å². The SMILES string of the molecule is CCN1[C@H]2CC[C@H]1CC(OC(=O)c1ccccc1)C2. The summed E-state index contributed by atoms with van der Waals surface area (Å²) in [4.78, 5) is 14.6. The van der Waals surface area contributed by atoms with Gasteiger partial charge in [-0.1, -0.05) is 25.1 Å². The van der Waals surface area contributed by atoms with Crippen LogP contribution in [0.4, 0.5) is 0 Å². The monoisotopic (exact) mass is 259 g/mol. The lowest BCUT2D eigenvalue weighted by atomic mass is 10.00. The average Bonchev–Trinajstić information content (AvgIpc) is 2.70. The molecule has 0 spiro atoms. The van der Waals surface area contributed by atoms with Crippen molar-refractivity contribution in [2.45, 2.75) is 50.8 Å². The molecule has 1 aromatic rings. The van der Waals surface area contributed by atoms with Crippen LogP contribution in [0.5, 0.6) is 0 Å². The number of fused-ring (bicyclic) bond motifs is 2. The highest BCUT2D eigenvalue weighted by Crippen LogP contribution is 2.36. The zero-order valence-electron chi connectivity index (χ0n) is 11.4. The van der Waals surface area contributed by atoms with E-state index in [0.717, 1.165) is 19.4 Å². The van der Waals surface area contributed by atoms with Gasteiger partial charge in [-0.3, -0.25) is 4.90 Å². The van der Waals surface area contributed by atoms with Gasteiger partial charge in [0.2, 0.25) is 0 Å². The van der Waals surface area contributed by atoms with Crippen molar-refractivity contribution in [2.75, 3.05) is 6.54 Å². The van der Waals surface area contributed by atoms with Crippen molar-refractivity contribution in [1.29, 1.82) is 0 Å². The average molecular weight is 259 g/mol.